The van der Waals surface area contributed by atoms with E-state index >= 15 is 0 Å². The summed E-state index contributed by atoms with van der Waals surface area (Å²) in [4.78, 5) is 12.0. The van der Waals surface area contributed by atoms with E-state index < -0.39 is 0 Å². The second-order valence-corrected chi connectivity index (χ2v) is 5.86. The minimum absolute atomic E-state index is 0.222. The number of H-pyrrole nitrogens is 1. The Morgan fingerprint density at radius 3 is 2.50 bits per heavy atom. The average molecular weight is 361 g/mol. The van der Waals surface area contributed by atoms with E-state index in [0.29, 0.717) is 27.0 Å². The van der Waals surface area contributed by atoms with Crippen molar-refractivity contribution in [2.75, 3.05) is 0 Å². The van der Waals surface area contributed by atoms with Crippen LogP contribution in [0.15, 0.2) is 54.6 Å². The number of hydrogen-bond donors (Lipinski definition) is 1. The highest BCUT2D eigenvalue weighted by molar-refractivity contribution is 6.42. The summed E-state index contributed by atoms with van der Waals surface area (Å²) in [7, 11) is 0. The fourth-order valence-corrected chi connectivity index (χ4v) is 2.40. The molecule has 120 valence electrons. The second kappa shape index (κ2) is 6.99. The van der Waals surface area contributed by atoms with Crippen LogP contribution >= 0.6 is 23.2 Å². The molecule has 2 aromatic carbocycles. The van der Waals surface area contributed by atoms with Gasteiger partial charge in [0.2, 0.25) is 0 Å². The summed E-state index contributed by atoms with van der Waals surface area (Å²) in [6.45, 7) is 0. The third-order valence-corrected chi connectivity index (χ3v) is 4.10. The molecule has 1 N–H and O–H groups in total. The molecule has 3 nitrogen and oxygen atoms in total. The van der Waals surface area contributed by atoms with Gasteiger partial charge in [0, 0.05) is 11.1 Å². The number of aromatic amines is 1. The number of ketones is 1. The summed E-state index contributed by atoms with van der Waals surface area (Å²) in [6.07, 6.45) is 3.01. The minimum Gasteiger partial charge on any atom is -0.289 e. The van der Waals surface area contributed by atoms with Crippen LogP contribution in [0.1, 0.15) is 16.1 Å². The summed E-state index contributed by atoms with van der Waals surface area (Å²) in [5.74, 6) is -0.601. The van der Waals surface area contributed by atoms with Crippen molar-refractivity contribution >= 4 is 35.1 Å². The monoisotopic (exact) mass is 360 g/mol. The molecule has 0 aliphatic heterocycles. The van der Waals surface area contributed by atoms with E-state index in [2.05, 4.69) is 10.2 Å². The first kappa shape index (κ1) is 16.4. The zero-order chi connectivity index (χ0) is 17.1. The predicted octanol–water partition coefficient (Wildman–Crippen LogP) is 5.42. The van der Waals surface area contributed by atoms with Crippen molar-refractivity contribution in [1.29, 1.82) is 0 Å². The highest BCUT2D eigenvalue weighted by Crippen LogP contribution is 2.27. The zero-order valence-corrected chi connectivity index (χ0v) is 13.8. The van der Waals surface area contributed by atoms with Crippen LogP contribution in [0.5, 0.6) is 0 Å². The molecule has 0 radical (unpaired) electrons. The van der Waals surface area contributed by atoms with Gasteiger partial charge in [-0.15, -0.1) is 0 Å². The van der Waals surface area contributed by atoms with Gasteiger partial charge in [0.1, 0.15) is 5.82 Å². The first-order valence-corrected chi connectivity index (χ1v) is 7.77. The number of allylic oxidation sites excluding steroid dienone is 1. The maximum atomic E-state index is 12.9. The summed E-state index contributed by atoms with van der Waals surface area (Å²) >= 11 is 11.9. The minimum atomic E-state index is -0.379. The topological polar surface area (TPSA) is 45.8 Å². The number of aromatic nitrogens is 2. The van der Waals surface area contributed by atoms with Crippen molar-refractivity contribution in [2.45, 2.75) is 0 Å². The fourth-order valence-electron chi connectivity index (χ4n) is 2.10. The smallest absolute Gasteiger partial charge is 0.185 e. The number of halogens is 3. The van der Waals surface area contributed by atoms with Crippen molar-refractivity contribution in [3.63, 3.8) is 0 Å². The quantitative estimate of drug-likeness (QED) is 0.498. The lowest BCUT2D eigenvalue weighted by Crippen LogP contribution is -1.93. The summed E-state index contributed by atoms with van der Waals surface area (Å²) in [6, 6.07) is 12.4. The van der Waals surface area contributed by atoms with Crippen molar-refractivity contribution < 1.29 is 9.18 Å². The Bertz CT molecular complexity index is 917. The molecule has 0 amide bonds. The van der Waals surface area contributed by atoms with Gasteiger partial charge in [0.15, 0.2) is 5.78 Å². The van der Waals surface area contributed by atoms with Crippen LogP contribution in [-0.4, -0.2) is 16.0 Å². The first-order valence-electron chi connectivity index (χ1n) is 7.02. The molecule has 1 heterocycles. The Morgan fingerprint density at radius 1 is 1.04 bits per heavy atom. The highest BCUT2D eigenvalue weighted by Gasteiger charge is 2.06. The second-order valence-electron chi connectivity index (χ2n) is 5.04. The van der Waals surface area contributed by atoms with E-state index in [9.17, 15) is 9.18 Å². The van der Waals surface area contributed by atoms with Gasteiger partial charge in [-0.05, 0) is 54.6 Å². The van der Waals surface area contributed by atoms with E-state index in [1.54, 1.807) is 24.3 Å². The van der Waals surface area contributed by atoms with E-state index in [1.165, 1.54) is 30.3 Å². The number of benzene rings is 2. The van der Waals surface area contributed by atoms with Gasteiger partial charge in [-0.1, -0.05) is 29.3 Å². The van der Waals surface area contributed by atoms with E-state index in [-0.39, 0.29) is 11.6 Å². The van der Waals surface area contributed by atoms with Crippen LogP contribution in [0.2, 0.25) is 10.0 Å². The molecule has 24 heavy (non-hydrogen) atoms. The third kappa shape index (κ3) is 3.72. The first-order chi connectivity index (χ1) is 11.5. The van der Waals surface area contributed by atoms with Crippen molar-refractivity contribution in [3.05, 3.63) is 81.7 Å². The molecule has 0 fully saturated rings. The largest absolute Gasteiger partial charge is 0.289 e. The van der Waals surface area contributed by atoms with Gasteiger partial charge < -0.3 is 0 Å². The Morgan fingerprint density at radius 2 is 1.79 bits per heavy atom. The number of nitrogens with one attached hydrogen (secondary N) is 1. The Labute approximate surface area is 147 Å². The lowest BCUT2D eigenvalue weighted by molar-refractivity contribution is 0.104. The summed E-state index contributed by atoms with van der Waals surface area (Å²) in [5, 5.41) is 7.93. The molecule has 0 aliphatic rings. The fraction of sp³-hybridized carbons (Fsp3) is 0. The average Bonchev–Trinajstić information content (AvgIpc) is 3.05. The maximum Gasteiger partial charge on any atom is 0.185 e. The normalized spacial score (nSPS) is 11.1. The molecule has 0 unspecified atom stereocenters. The Hall–Kier alpha value is -2.43. The molecule has 0 spiro atoms. The predicted molar refractivity (Wildman–Crippen MR) is 93.8 cm³/mol. The van der Waals surface area contributed by atoms with E-state index in [1.807, 2.05) is 6.07 Å². The van der Waals surface area contributed by atoms with Gasteiger partial charge in [-0.3, -0.25) is 9.89 Å². The van der Waals surface area contributed by atoms with Crippen LogP contribution in [0.3, 0.4) is 0 Å². The van der Waals surface area contributed by atoms with Crippen LogP contribution < -0.4 is 0 Å². The number of nitrogens with zero attached hydrogens (tertiary/aromatic N) is 1. The van der Waals surface area contributed by atoms with Crippen LogP contribution in [-0.2, 0) is 0 Å². The van der Waals surface area contributed by atoms with Crippen LogP contribution in [0.4, 0.5) is 4.39 Å². The number of carbonyl (C=O) groups excluding carboxylic acids is 1. The maximum absolute atomic E-state index is 12.9. The van der Waals surface area contributed by atoms with Gasteiger partial charge in [0.25, 0.3) is 0 Å². The molecule has 0 bridgehead atoms. The van der Waals surface area contributed by atoms with E-state index in [4.69, 9.17) is 23.2 Å². The molecule has 3 aromatic rings. The lowest BCUT2D eigenvalue weighted by atomic mass is 10.1. The lowest BCUT2D eigenvalue weighted by Gasteiger charge is -1.98. The van der Waals surface area contributed by atoms with Crippen LogP contribution in [0.25, 0.3) is 17.3 Å². The molecule has 0 saturated heterocycles. The Kier molecular flexibility index (Phi) is 4.79. The van der Waals surface area contributed by atoms with Crippen LogP contribution in [0, 0.1) is 5.82 Å². The molecule has 0 saturated carbocycles. The molecule has 3 rings (SSSR count). The SMILES string of the molecule is O=C(/C=C/c1cc(-c2ccc(Cl)c(Cl)c2)n[nH]1)c1ccc(F)cc1. The number of rotatable bonds is 4. The molecule has 6 heteroatoms. The van der Waals surface area contributed by atoms with Gasteiger partial charge in [-0.25, -0.2) is 4.39 Å². The standard InChI is InChI=1S/C18H11Cl2FN2O/c19-15-7-3-12(9-16(15)20)17-10-14(22-23-17)6-8-18(24)11-1-4-13(21)5-2-11/h1-10H,(H,22,23)/b8-6+. The molecule has 0 aliphatic carbocycles. The van der Waals surface area contributed by atoms with Crippen molar-refractivity contribution in [2.24, 2.45) is 0 Å². The van der Waals surface area contributed by atoms with E-state index in [0.717, 1.165) is 5.56 Å². The van der Waals surface area contributed by atoms with Gasteiger partial charge >= 0.3 is 0 Å². The van der Waals surface area contributed by atoms with Crippen molar-refractivity contribution in [3.8, 4) is 11.3 Å². The molecular formula is C18H11Cl2FN2O. The van der Waals surface area contributed by atoms with Gasteiger partial charge in [-0.2, -0.15) is 5.10 Å². The molecular weight excluding hydrogens is 350 g/mol. The molecule has 0 atom stereocenters. The zero-order valence-electron chi connectivity index (χ0n) is 12.3. The summed E-state index contributed by atoms with van der Waals surface area (Å²) in [5.41, 5.74) is 2.57. The Balaban J connectivity index is 1.77. The van der Waals surface area contributed by atoms with Crippen molar-refractivity contribution in [1.82, 2.24) is 10.2 Å². The third-order valence-electron chi connectivity index (χ3n) is 3.36. The number of carbonyl (C=O) groups is 1. The number of hydrogen-bond acceptors (Lipinski definition) is 2. The van der Waals surface area contributed by atoms with Gasteiger partial charge in [0.05, 0.1) is 21.4 Å². The molecule has 1 aromatic heterocycles. The highest BCUT2D eigenvalue weighted by atomic mass is 35.5. The summed E-state index contributed by atoms with van der Waals surface area (Å²) < 4.78 is 12.9.